The first-order valence-electron chi connectivity index (χ1n) is 10.1. The second-order valence-electron chi connectivity index (χ2n) is 7.83. The van der Waals surface area contributed by atoms with Crippen molar-refractivity contribution in [1.82, 2.24) is 0 Å². The summed E-state index contributed by atoms with van der Waals surface area (Å²) in [7, 11) is 0. The molecule has 140 valence electrons. The van der Waals surface area contributed by atoms with E-state index in [1.54, 1.807) is 0 Å². The SMILES string of the molecule is CC1(c2ccccc2)C=Nc2ccccc2C1(c1ccccc1)c1ccccc1. The van der Waals surface area contributed by atoms with Crippen LogP contribution in [0.5, 0.6) is 0 Å². The van der Waals surface area contributed by atoms with Gasteiger partial charge in [0, 0.05) is 11.6 Å². The molecule has 0 N–H and O–H groups in total. The summed E-state index contributed by atoms with van der Waals surface area (Å²) in [5.41, 5.74) is 5.33. The Morgan fingerprint density at radius 3 is 1.52 bits per heavy atom. The van der Waals surface area contributed by atoms with Crippen molar-refractivity contribution >= 4 is 11.9 Å². The van der Waals surface area contributed by atoms with Gasteiger partial charge in [0.25, 0.3) is 0 Å². The summed E-state index contributed by atoms with van der Waals surface area (Å²) in [6.07, 6.45) is 2.16. The van der Waals surface area contributed by atoms with E-state index in [1.807, 2.05) is 0 Å². The summed E-state index contributed by atoms with van der Waals surface area (Å²) in [6, 6.07) is 41.1. The lowest BCUT2D eigenvalue weighted by Crippen LogP contribution is -2.51. The molecule has 1 aliphatic rings. The summed E-state index contributed by atoms with van der Waals surface area (Å²) in [5, 5.41) is 0. The van der Waals surface area contributed by atoms with E-state index >= 15 is 0 Å². The molecule has 1 aliphatic heterocycles. The molecular weight excluding hydrogens is 350 g/mol. The lowest BCUT2D eigenvalue weighted by molar-refractivity contribution is 0.434. The van der Waals surface area contributed by atoms with Crippen molar-refractivity contribution in [3.05, 3.63) is 138 Å². The van der Waals surface area contributed by atoms with Gasteiger partial charge in [-0.05, 0) is 35.2 Å². The van der Waals surface area contributed by atoms with Gasteiger partial charge < -0.3 is 0 Å². The van der Waals surface area contributed by atoms with Crippen LogP contribution in [0.25, 0.3) is 0 Å². The predicted octanol–water partition coefficient (Wildman–Crippen LogP) is 6.69. The van der Waals surface area contributed by atoms with Crippen LogP contribution in [0.15, 0.2) is 120 Å². The predicted molar refractivity (Wildman–Crippen MR) is 121 cm³/mol. The van der Waals surface area contributed by atoms with E-state index in [0.717, 1.165) is 5.69 Å². The standard InChI is InChI=1S/C28H23N/c1-27(22-13-5-2-6-14-22)21-29-26-20-12-11-19-25(26)28(27,23-15-7-3-8-16-23)24-17-9-4-10-18-24/h2-21H,1H3. The van der Waals surface area contributed by atoms with Crippen molar-refractivity contribution in [2.24, 2.45) is 4.99 Å². The van der Waals surface area contributed by atoms with Gasteiger partial charge in [0.05, 0.1) is 11.1 Å². The van der Waals surface area contributed by atoms with Crippen molar-refractivity contribution < 1.29 is 0 Å². The summed E-state index contributed by atoms with van der Waals surface area (Å²) < 4.78 is 0. The maximum atomic E-state index is 4.94. The number of rotatable bonds is 3. The first-order chi connectivity index (χ1) is 14.3. The molecule has 1 unspecified atom stereocenters. The molecule has 4 aromatic rings. The third-order valence-electron chi connectivity index (χ3n) is 6.34. The quantitative estimate of drug-likeness (QED) is 0.379. The van der Waals surface area contributed by atoms with E-state index in [1.165, 1.54) is 22.3 Å². The largest absolute Gasteiger partial charge is 0.260 e. The van der Waals surface area contributed by atoms with Crippen molar-refractivity contribution in [2.75, 3.05) is 0 Å². The van der Waals surface area contributed by atoms with Gasteiger partial charge in [0.1, 0.15) is 0 Å². The highest BCUT2D eigenvalue weighted by molar-refractivity contribution is 5.87. The fourth-order valence-corrected chi connectivity index (χ4v) is 5.01. The first kappa shape index (κ1) is 17.6. The number of nitrogens with zero attached hydrogens (tertiary/aromatic N) is 1. The highest BCUT2D eigenvalue weighted by Crippen LogP contribution is 2.56. The molecule has 0 aliphatic carbocycles. The number of fused-ring (bicyclic) bond motifs is 1. The second kappa shape index (κ2) is 6.86. The number of para-hydroxylation sites is 1. The van der Waals surface area contributed by atoms with E-state index < -0.39 is 5.41 Å². The summed E-state index contributed by atoms with van der Waals surface area (Å²) in [5.74, 6) is 0. The Labute approximate surface area is 172 Å². The molecule has 1 heteroatoms. The number of aliphatic imine (C=N–C) groups is 1. The van der Waals surface area contributed by atoms with Crippen LogP contribution in [0.2, 0.25) is 0 Å². The van der Waals surface area contributed by atoms with E-state index in [0.29, 0.717) is 0 Å². The fourth-order valence-electron chi connectivity index (χ4n) is 5.01. The first-order valence-corrected chi connectivity index (χ1v) is 10.1. The van der Waals surface area contributed by atoms with Gasteiger partial charge in [-0.3, -0.25) is 4.99 Å². The summed E-state index contributed by atoms with van der Waals surface area (Å²) in [6.45, 7) is 2.32. The average molecular weight is 373 g/mol. The Hall–Kier alpha value is -3.45. The van der Waals surface area contributed by atoms with Gasteiger partial charge in [-0.2, -0.15) is 0 Å². The van der Waals surface area contributed by atoms with Crippen LogP contribution >= 0.6 is 0 Å². The van der Waals surface area contributed by atoms with Gasteiger partial charge in [0.15, 0.2) is 0 Å². The van der Waals surface area contributed by atoms with Crippen molar-refractivity contribution in [2.45, 2.75) is 17.8 Å². The zero-order valence-electron chi connectivity index (χ0n) is 16.5. The van der Waals surface area contributed by atoms with Crippen LogP contribution in [0.1, 0.15) is 29.2 Å². The monoisotopic (exact) mass is 373 g/mol. The summed E-state index contributed by atoms with van der Waals surface area (Å²) >= 11 is 0. The third-order valence-corrected chi connectivity index (χ3v) is 6.34. The van der Waals surface area contributed by atoms with Crippen LogP contribution in [-0.2, 0) is 10.8 Å². The van der Waals surface area contributed by atoms with Crippen LogP contribution in [0.3, 0.4) is 0 Å². The average Bonchev–Trinajstić information content (AvgIpc) is 2.81. The number of hydrogen-bond donors (Lipinski definition) is 0. The maximum absolute atomic E-state index is 4.94. The molecule has 0 amide bonds. The Morgan fingerprint density at radius 1 is 0.517 bits per heavy atom. The molecule has 29 heavy (non-hydrogen) atoms. The third kappa shape index (κ3) is 2.51. The summed E-state index contributed by atoms with van der Waals surface area (Å²) in [4.78, 5) is 4.94. The molecule has 0 saturated heterocycles. The van der Waals surface area contributed by atoms with Gasteiger partial charge >= 0.3 is 0 Å². The lowest BCUT2D eigenvalue weighted by Gasteiger charge is -2.51. The topological polar surface area (TPSA) is 12.4 Å². The Morgan fingerprint density at radius 2 is 0.966 bits per heavy atom. The van der Waals surface area contributed by atoms with Crippen molar-refractivity contribution in [3.63, 3.8) is 0 Å². The zero-order chi connectivity index (χ0) is 19.7. The van der Waals surface area contributed by atoms with Crippen LogP contribution in [0.4, 0.5) is 5.69 Å². The van der Waals surface area contributed by atoms with Crippen molar-refractivity contribution in [3.8, 4) is 0 Å². The minimum atomic E-state index is -0.394. The molecule has 0 bridgehead atoms. The van der Waals surface area contributed by atoms with Crippen LogP contribution in [0, 0.1) is 0 Å². The molecule has 5 rings (SSSR count). The maximum Gasteiger partial charge on any atom is 0.0671 e. The molecule has 0 spiro atoms. The zero-order valence-corrected chi connectivity index (χ0v) is 16.5. The molecule has 0 radical (unpaired) electrons. The number of benzene rings is 4. The Bertz CT molecular complexity index is 1110. The van der Waals surface area contributed by atoms with Gasteiger partial charge in [-0.15, -0.1) is 0 Å². The Kier molecular flexibility index (Phi) is 4.17. The number of hydrogen-bond acceptors (Lipinski definition) is 1. The second-order valence-corrected chi connectivity index (χ2v) is 7.83. The fraction of sp³-hybridized carbons (Fsp3) is 0.107. The molecule has 0 fully saturated rings. The molecular formula is C28H23N. The molecule has 4 aromatic carbocycles. The highest BCUT2D eigenvalue weighted by atomic mass is 14.8. The lowest BCUT2D eigenvalue weighted by atomic mass is 9.51. The molecule has 1 heterocycles. The van der Waals surface area contributed by atoms with Crippen LogP contribution in [-0.4, -0.2) is 6.21 Å². The minimum absolute atomic E-state index is 0.356. The highest BCUT2D eigenvalue weighted by Gasteiger charge is 2.54. The van der Waals surface area contributed by atoms with E-state index in [9.17, 15) is 0 Å². The molecule has 1 nitrogen and oxygen atoms in total. The van der Waals surface area contributed by atoms with Crippen LogP contribution < -0.4 is 0 Å². The normalized spacial score (nSPS) is 19.5. The van der Waals surface area contributed by atoms with Crippen molar-refractivity contribution in [1.29, 1.82) is 0 Å². The molecule has 0 saturated carbocycles. The smallest absolute Gasteiger partial charge is 0.0671 e. The minimum Gasteiger partial charge on any atom is -0.260 e. The van der Waals surface area contributed by atoms with Gasteiger partial charge in [-0.25, -0.2) is 0 Å². The molecule has 0 aromatic heterocycles. The Balaban J connectivity index is 1.97. The van der Waals surface area contributed by atoms with Gasteiger partial charge in [-0.1, -0.05) is 109 Å². The molecule has 1 atom stereocenters. The van der Waals surface area contributed by atoms with E-state index in [2.05, 4.69) is 128 Å². The van der Waals surface area contributed by atoms with E-state index in [4.69, 9.17) is 4.99 Å². The van der Waals surface area contributed by atoms with E-state index in [-0.39, 0.29) is 5.41 Å². The van der Waals surface area contributed by atoms with Gasteiger partial charge in [0.2, 0.25) is 0 Å².